The van der Waals surface area contributed by atoms with Gasteiger partial charge in [-0.15, -0.1) is 0 Å². The van der Waals surface area contributed by atoms with E-state index in [1.807, 2.05) is 102 Å². The highest BCUT2D eigenvalue weighted by molar-refractivity contribution is 5.99. The second-order valence-corrected chi connectivity index (χ2v) is 23.6. The zero-order chi connectivity index (χ0) is 58.5. The van der Waals surface area contributed by atoms with E-state index in [4.69, 9.17) is 4.74 Å². The number of benzene rings is 2. The SMILES string of the molecule is CC[C@@H](C)[C@@H]1OC(=O)[C@H](C(C)C)N(C)C(=O)[C@H](CC(C)C)NC(=O)[C@H](C(C)C)N(C)C(=O)[C@@H]([C@H](C)C(C)C)NC(=O)[C@@H]2CCCN2C(=O)[C@H](Cc2ccccc2)N(C)C(=O)[C@H](Cc2ccccc2)NC(=O)C(C(C)C)NC1=O. The average Bonchev–Trinajstić information content (AvgIpc) is 3.89. The first-order valence-electron chi connectivity index (χ1n) is 28.2. The van der Waals surface area contributed by atoms with Gasteiger partial charge in [0, 0.05) is 46.4 Å². The van der Waals surface area contributed by atoms with E-state index in [1.165, 1.54) is 40.7 Å². The number of cyclic esters (lactones) is 1. The molecule has 78 heavy (non-hydrogen) atoms. The largest absolute Gasteiger partial charge is 0.450 e. The maximum absolute atomic E-state index is 15.3. The van der Waals surface area contributed by atoms with E-state index in [-0.39, 0.29) is 44.1 Å². The number of carbonyl (C=O) groups excluding carboxylic acids is 9. The zero-order valence-corrected chi connectivity index (χ0v) is 49.3. The highest BCUT2D eigenvalue weighted by atomic mass is 16.6. The molecule has 0 spiro atoms. The van der Waals surface area contributed by atoms with Gasteiger partial charge in [-0.2, -0.15) is 0 Å². The molecule has 4 rings (SSSR count). The molecule has 2 saturated heterocycles. The third-order valence-corrected chi connectivity index (χ3v) is 15.8. The van der Waals surface area contributed by atoms with Gasteiger partial charge >= 0.3 is 5.97 Å². The molecule has 0 aliphatic carbocycles. The topological polar surface area (TPSA) is 224 Å². The van der Waals surface area contributed by atoms with Crippen LogP contribution < -0.4 is 21.3 Å². The summed E-state index contributed by atoms with van der Waals surface area (Å²) in [6, 6.07) is 8.93. The van der Waals surface area contributed by atoms with Gasteiger partial charge < -0.3 is 45.6 Å². The summed E-state index contributed by atoms with van der Waals surface area (Å²) in [5, 5.41) is 11.7. The van der Waals surface area contributed by atoms with Crippen LogP contribution in [0.3, 0.4) is 0 Å². The number of ether oxygens (including phenoxy) is 1. The summed E-state index contributed by atoms with van der Waals surface area (Å²) >= 11 is 0. The number of rotatable bonds is 13. The average molecular weight is 1090 g/mol. The summed E-state index contributed by atoms with van der Waals surface area (Å²) in [6.45, 7) is 23.7. The van der Waals surface area contributed by atoms with Crippen LogP contribution in [0, 0.1) is 41.4 Å². The van der Waals surface area contributed by atoms with Crippen LogP contribution in [0.5, 0.6) is 0 Å². The van der Waals surface area contributed by atoms with Crippen LogP contribution in [-0.4, -0.2) is 155 Å². The van der Waals surface area contributed by atoms with Crippen LogP contribution in [0.4, 0.5) is 0 Å². The number of hydrogen-bond donors (Lipinski definition) is 4. The van der Waals surface area contributed by atoms with Crippen molar-refractivity contribution in [3.63, 3.8) is 0 Å². The van der Waals surface area contributed by atoms with Crippen LogP contribution in [0.1, 0.15) is 127 Å². The van der Waals surface area contributed by atoms with Crippen molar-refractivity contribution in [3.05, 3.63) is 71.8 Å². The summed E-state index contributed by atoms with van der Waals surface area (Å²) in [4.78, 5) is 139. The maximum atomic E-state index is 15.3. The summed E-state index contributed by atoms with van der Waals surface area (Å²) < 4.78 is 6.10. The Balaban J connectivity index is 1.95. The molecule has 2 aromatic carbocycles. The normalized spacial score (nSPS) is 26.5. The number of nitrogens with one attached hydrogen (secondary N) is 4. The van der Waals surface area contributed by atoms with Crippen molar-refractivity contribution >= 4 is 53.2 Å². The highest BCUT2D eigenvalue weighted by Crippen LogP contribution is 2.26. The van der Waals surface area contributed by atoms with Crippen molar-refractivity contribution in [3.8, 4) is 0 Å². The van der Waals surface area contributed by atoms with Gasteiger partial charge in [-0.25, -0.2) is 4.79 Å². The number of likely N-dealkylation sites (N-methyl/N-ethyl adjacent to an activating group) is 3. The van der Waals surface area contributed by atoms with Crippen molar-refractivity contribution in [2.75, 3.05) is 27.7 Å². The molecule has 18 heteroatoms. The van der Waals surface area contributed by atoms with Crippen LogP contribution in [-0.2, 0) is 60.7 Å². The molecule has 2 fully saturated rings. The minimum Gasteiger partial charge on any atom is -0.450 e. The Labute approximate surface area is 464 Å². The Morgan fingerprint density at radius 3 is 1.56 bits per heavy atom. The predicted molar refractivity (Wildman–Crippen MR) is 300 cm³/mol. The van der Waals surface area contributed by atoms with E-state index in [0.29, 0.717) is 18.4 Å². The van der Waals surface area contributed by atoms with Crippen molar-refractivity contribution in [1.82, 2.24) is 40.9 Å². The van der Waals surface area contributed by atoms with Gasteiger partial charge in [0.2, 0.25) is 41.4 Å². The van der Waals surface area contributed by atoms with Crippen molar-refractivity contribution in [2.45, 2.75) is 183 Å². The standard InChI is InChI=1S/C60H92N8O10/c1-17-39(12)51-55(72)63-47(36(6)7)53(70)61-44(32-41-25-20-18-21-26-41)56(73)65(14)46(33-42-27-22-19-23-28-42)58(75)68-30-24-29-45(68)52(69)64-48(40(13)35(4)5)59(76)66(15)49(37(8)9)54(71)62-43(31-34(2)3)57(74)67(16)50(38(10)11)60(77)78-51/h18-23,25-28,34-40,43-51H,17,24,29-33H2,1-16H3,(H,61,70)(H,62,71)(H,63,72)(H,64,69)/t39-,40-,43+,44+,45+,46+,47?,48-,49+,50+,51+/m1/s1. The molecular weight excluding hydrogens is 993 g/mol. The fourth-order valence-electron chi connectivity index (χ4n) is 10.6. The van der Waals surface area contributed by atoms with Crippen LogP contribution >= 0.6 is 0 Å². The first-order valence-corrected chi connectivity index (χ1v) is 28.2. The van der Waals surface area contributed by atoms with E-state index in [0.717, 1.165) is 5.56 Å². The third-order valence-electron chi connectivity index (χ3n) is 15.8. The minimum absolute atomic E-state index is 0.0140. The molecule has 8 amide bonds. The maximum Gasteiger partial charge on any atom is 0.329 e. The molecule has 0 radical (unpaired) electrons. The van der Waals surface area contributed by atoms with Crippen LogP contribution in [0.2, 0.25) is 0 Å². The number of hydrogen-bond acceptors (Lipinski definition) is 10. The van der Waals surface area contributed by atoms with Crippen LogP contribution in [0.15, 0.2) is 60.7 Å². The molecule has 0 saturated carbocycles. The molecule has 432 valence electrons. The Hall–Kier alpha value is -6.33. The molecule has 4 N–H and O–H groups in total. The number of amides is 8. The van der Waals surface area contributed by atoms with E-state index in [9.17, 15) is 33.6 Å². The Bertz CT molecular complexity index is 2380. The molecule has 2 aromatic rings. The van der Waals surface area contributed by atoms with Gasteiger partial charge in [0.05, 0.1) is 0 Å². The fourth-order valence-corrected chi connectivity index (χ4v) is 10.6. The van der Waals surface area contributed by atoms with E-state index in [2.05, 4.69) is 21.3 Å². The molecule has 0 aromatic heterocycles. The Morgan fingerprint density at radius 1 is 0.538 bits per heavy atom. The van der Waals surface area contributed by atoms with Gasteiger partial charge in [0.25, 0.3) is 5.91 Å². The van der Waals surface area contributed by atoms with E-state index < -0.39 is 137 Å². The number of nitrogens with zero attached hydrogens (tertiary/aromatic N) is 4. The van der Waals surface area contributed by atoms with Gasteiger partial charge in [0.15, 0.2) is 6.10 Å². The second-order valence-electron chi connectivity index (χ2n) is 23.6. The molecule has 0 bridgehead atoms. The van der Waals surface area contributed by atoms with Crippen LogP contribution in [0.25, 0.3) is 0 Å². The molecule has 2 aliphatic rings. The first-order chi connectivity index (χ1) is 36.6. The second kappa shape index (κ2) is 29.0. The lowest BCUT2D eigenvalue weighted by atomic mass is 9.88. The summed E-state index contributed by atoms with van der Waals surface area (Å²) in [5.74, 6) is -8.53. The monoisotopic (exact) mass is 1080 g/mol. The molecule has 1 unspecified atom stereocenters. The summed E-state index contributed by atoms with van der Waals surface area (Å²) in [7, 11) is 4.45. The van der Waals surface area contributed by atoms with E-state index in [1.54, 1.807) is 48.5 Å². The van der Waals surface area contributed by atoms with Gasteiger partial charge in [-0.05, 0) is 72.3 Å². The minimum atomic E-state index is -1.41. The van der Waals surface area contributed by atoms with Gasteiger partial charge in [0.1, 0.15) is 48.3 Å². The number of fused-ring (bicyclic) bond motifs is 1. The van der Waals surface area contributed by atoms with Gasteiger partial charge in [-0.3, -0.25) is 38.4 Å². The predicted octanol–water partition coefficient (Wildman–Crippen LogP) is 5.16. The van der Waals surface area contributed by atoms with Crippen molar-refractivity contribution in [2.24, 2.45) is 41.4 Å². The summed E-state index contributed by atoms with van der Waals surface area (Å²) in [6.07, 6.45) is -0.0331. The number of carbonyl (C=O) groups is 9. The first kappa shape index (κ1) is 64.2. The third kappa shape index (κ3) is 16.4. The Kier molecular flexibility index (Phi) is 23.9. The molecule has 2 heterocycles. The lowest BCUT2D eigenvalue weighted by Crippen LogP contribution is -2.62. The summed E-state index contributed by atoms with van der Waals surface area (Å²) in [5.41, 5.74) is 1.45. The fraction of sp³-hybridized carbons (Fsp3) is 0.650. The molecule has 11 atom stereocenters. The zero-order valence-electron chi connectivity index (χ0n) is 49.3. The number of esters is 1. The Morgan fingerprint density at radius 2 is 1.05 bits per heavy atom. The molecular formula is C60H92N8O10. The quantitative estimate of drug-likeness (QED) is 0.193. The molecule has 2 aliphatic heterocycles. The highest BCUT2D eigenvalue weighted by Gasteiger charge is 2.46. The van der Waals surface area contributed by atoms with E-state index >= 15 is 9.59 Å². The smallest absolute Gasteiger partial charge is 0.329 e. The lowest BCUT2D eigenvalue weighted by molar-refractivity contribution is -0.168. The molecule has 18 nitrogen and oxygen atoms in total. The lowest BCUT2D eigenvalue weighted by Gasteiger charge is -2.38. The van der Waals surface area contributed by atoms with Crippen molar-refractivity contribution < 1.29 is 47.9 Å². The van der Waals surface area contributed by atoms with Gasteiger partial charge in [-0.1, -0.05) is 151 Å². The van der Waals surface area contributed by atoms with Crippen molar-refractivity contribution in [1.29, 1.82) is 0 Å².